The fourth-order valence-corrected chi connectivity index (χ4v) is 5.11. The van der Waals surface area contributed by atoms with E-state index in [9.17, 15) is 9.59 Å². The summed E-state index contributed by atoms with van der Waals surface area (Å²) in [7, 11) is 0. The van der Waals surface area contributed by atoms with Gasteiger partial charge in [-0.25, -0.2) is 4.98 Å². The molecular weight excluding hydrogens is 392 g/mol. The van der Waals surface area contributed by atoms with Crippen LogP contribution in [0.4, 0.5) is 0 Å². The van der Waals surface area contributed by atoms with Gasteiger partial charge in [0, 0.05) is 23.6 Å². The summed E-state index contributed by atoms with van der Waals surface area (Å²) in [6, 6.07) is 0. The first kappa shape index (κ1) is 21.2. The molecule has 4 N–H and O–H groups in total. The van der Waals surface area contributed by atoms with E-state index in [4.69, 9.17) is 5.73 Å². The highest BCUT2D eigenvalue weighted by atomic mass is 35.5. The second kappa shape index (κ2) is 10.3. The maximum Gasteiger partial charge on any atom is 0.259 e. The van der Waals surface area contributed by atoms with Gasteiger partial charge in [-0.15, -0.1) is 23.7 Å². The van der Waals surface area contributed by atoms with Crippen molar-refractivity contribution in [2.45, 2.75) is 44.3 Å². The number of carbonyl (C=O) groups is 1. The van der Waals surface area contributed by atoms with Gasteiger partial charge >= 0.3 is 0 Å². The van der Waals surface area contributed by atoms with Crippen molar-refractivity contribution in [1.29, 1.82) is 0 Å². The number of nitrogens with zero attached hydrogens (tertiary/aromatic N) is 1. The van der Waals surface area contributed by atoms with Crippen LogP contribution in [0, 0.1) is 0 Å². The standard InChI is InChI=1S/C17H24N4O2S2.ClH/c18-7-3-8-19-14(22)6-9-24-10-13-20-16(23)15-11-4-1-2-5-12(11)25-17(15)21-13;/h1-10,18H2,(H,19,22)(H,20,21,23);1H. The van der Waals surface area contributed by atoms with Crippen molar-refractivity contribution in [3.8, 4) is 0 Å². The SMILES string of the molecule is Cl.NCCCNC(=O)CCSCc1nc2sc3c(c2c(=O)[nH]1)CCCC3. The molecule has 9 heteroatoms. The molecular formula is C17H25ClN4O2S2. The molecule has 0 bridgehead atoms. The zero-order valence-electron chi connectivity index (χ0n) is 14.6. The van der Waals surface area contributed by atoms with E-state index in [0.717, 1.165) is 35.9 Å². The normalized spacial score (nSPS) is 13.3. The van der Waals surface area contributed by atoms with E-state index in [0.29, 0.717) is 36.8 Å². The van der Waals surface area contributed by atoms with Crippen molar-refractivity contribution in [3.63, 3.8) is 0 Å². The third-order valence-corrected chi connectivity index (χ3v) is 6.45. The molecule has 6 nitrogen and oxygen atoms in total. The molecule has 1 aliphatic rings. The minimum absolute atomic E-state index is 0. The van der Waals surface area contributed by atoms with Crippen molar-refractivity contribution < 1.29 is 4.79 Å². The van der Waals surface area contributed by atoms with Gasteiger partial charge in [-0.2, -0.15) is 11.8 Å². The van der Waals surface area contributed by atoms with Gasteiger partial charge in [0.05, 0.1) is 11.1 Å². The minimum Gasteiger partial charge on any atom is -0.356 e. The number of hydrogen-bond acceptors (Lipinski definition) is 6. The lowest BCUT2D eigenvalue weighted by atomic mass is 9.97. The molecule has 2 heterocycles. The quantitative estimate of drug-likeness (QED) is 0.573. The lowest BCUT2D eigenvalue weighted by Gasteiger charge is -2.09. The molecule has 0 unspecified atom stereocenters. The summed E-state index contributed by atoms with van der Waals surface area (Å²) in [5, 5.41) is 3.64. The lowest BCUT2D eigenvalue weighted by Crippen LogP contribution is -2.26. The Morgan fingerprint density at radius 2 is 2.15 bits per heavy atom. The number of nitrogens with two attached hydrogens (primary N) is 1. The van der Waals surface area contributed by atoms with Crippen LogP contribution in [0.3, 0.4) is 0 Å². The van der Waals surface area contributed by atoms with Crippen LogP contribution in [0.25, 0.3) is 10.2 Å². The molecule has 2 aromatic heterocycles. The Morgan fingerprint density at radius 1 is 1.35 bits per heavy atom. The van der Waals surface area contributed by atoms with Crippen LogP contribution in [0.1, 0.15) is 41.9 Å². The number of thioether (sulfide) groups is 1. The van der Waals surface area contributed by atoms with E-state index in [2.05, 4.69) is 15.3 Å². The largest absolute Gasteiger partial charge is 0.356 e. The first-order valence-electron chi connectivity index (χ1n) is 8.77. The van der Waals surface area contributed by atoms with Crippen molar-refractivity contribution in [2.75, 3.05) is 18.8 Å². The molecule has 0 aromatic carbocycles. The first-order chi connectivity index (χ1) is 12.2. The molecule has 26 heavy (non-hydrogen) atoms. The number of hydrogen-bond donors (Lipinski definition) is 3. The maximum absolute atomic E-state index is 12.4. The Hall–Kier alpha value is -1.09. The number of nitrogens with one attached hydrogen (secondary N) is 2. The summed E-state index contributed by atoms with van der Waals surface area (Å²) in [6.07, 6.45) is 5.69. The summed E-state index contributed by atoms with van der Waals surface area (Å²) in [6.45, 7) is 1.22. The van der Waals surface area contributed by atoms with Gasteiger partial charge in [0.1, 0.15) is 10.7 Å². The number of aromatic amines is 1. The number of amides is 1. The predicted octanol–water partition coefficient (Wildman–Crippen LogP) is 2.37. The molecule has 3 rings (SSSR count). The van der Waals surface area contributed by atoms with Gasteiger partial charge in [0.2, 0.25) is 5.91 Å². The van der Waals surface area contributed by atoms with Crippen molar-refractivity contribution in [1.82, 2.24) is 15.3 Å². The number of aryl methyl sites for hydroxylation is 2. The summed E-state index contributed by atoms with van der Waals surface area (Å²) < 4.78 is 0. The van der Waals surface area contributed by atoms with Crippen LogP contribution in [0.2, 0.25) is 0 Å². The Morgan fingerprint density at radius 3 is 2.96 bits per heavy atom. The van der Waals surface area contributed by atoms with E-state index >= 15 is 0 Å². The molecule has 1 aliphatic carbocycles. The molecule has 0 spiro atoms. The van der Waals surface area contributed by atoms with Gasteiger partial charge < -0.3 is 16.0 Å². The Kier molecular flexibility index (Phi) is 8.40. The van der Waals surface area contributed by atoms with Crippen LogP contribution in [-0.2, 0) is 23.4 Å². The van der Waals surface area contributed by atoms with E-state index in [1.165, 1.54) is 16.9 Å². The number of fused-ring (bicyclic) bond motifs is 3. The fourth-order valence-electron chi connectivity index (χ4n) is 3.03. The molecule has 1 amide bonds. The van der Waals surface area contributed by atoms with E-state index in [1.54, 1.807) is 23.1 Å². The third kappa shape index (κ3) is 5.22. The average Bonchev–Trinajstić information content (AvgIpc) is 2.98. The van der Waals surface area contributed by atoms with Crippen LogP contribution in [-0.4, -0.2) is 34.7 Å². The van der Waals surface area contributed by atoms with Crippen molar-refractivity contribution >= 4 is 51.6 Å². The first-order valence-corrected chi connectivity index (χ1v) is 10.7. The number of aromatic nitrogens is 2. The van der Waals surface area contributed by atoms with Gasteiger partial charge in [0.25, 0.3) is 5.56 Å². The molecule has 2 aromatic rings. The molecule has 0 radical (unpaired) electrons. The monoisotopic (exact) mass is 416 g/mol. The Bertz CT molecular complexity index is 806. The number of carbonyl (C=O) groups excluding carboxylic acids is 1. The average molecular weight is 417 g/mol. The topological polar surface area (TPSA) is 101 Å². The summed E-state index contributed by atoms with van der Waals surface area (Å²) in [4.78, 5) is 33.8. The Labute approximate surface area is 167 Å². The smallest absolute Gasteiger partial charge is 0.259 e. The molecule has 0 atom stereocenters. The molecule has 144 valence electrons. The molecule has 0 fully saturated rings. The number of thiophene rings is 1. The molecule has 0 aliphatic heterocycles. The Balaban J connectivity index is 0.00000243. The van der Waals surface area contributed by atoms with E-state index < -0.39 is 0 Å². The fraction of sp³-hybridized carbons (Fsp3) is 0.588. The lowest BCUT2D eigenvalue weighted by molar-refractivity contribution is -0.120. The highest BCUT2D eigenvalue weighted by molar-refractivity contribution is 7.98. The number of rotatable bonds is 8. The number of H-pyrrole nitrogens is 1. The molecule has 0 saturated heterocycles. The third-order valence-electron chi connectivity index (χ3n) is 4.29. The van der Waals surface area contributed by atoms with Gasteiger partial charge in [-0.05, 0) is 44.2 Å². The van der Waals surface area contributed by atoms with Crippen molar-refractivity contribution in [3.05, 3.63) is 26.6 Å². The zero-order chi connectivity index (χ0) is 17.6. The minimum atomic E-state index is -0.0143. The second-order valence-electron chi connectivity index (χ2n) is 6.20. The maximum atomic E-state index is 12.4. The highest BCUT2D eigenvalue weighted by Gasteiger charge is 2.19. The van der Waals surface area contributed by atoms with E-state index in [-0.39, 0.29) is 23.9 Å². The van der Waals surface area contributed by atoms with Crippen molar-refractivity contribution in [2.24, 2.45) is 5.73 Å². The van der Waals surface area contributed by atoms with Crippen LogP contribution >= 0.6 is 35.5 Å². The van der Waals surface area contributed by atoms with Gasteiger partial charge in [-0.1, -0.05) is 0 Å². The zero-order valence-corrected chi connectivity index (χ0v) is 17.1. The predicted molar refractivity (Wildman–Crippen MR) is 112 cm³/mol. The van der Waals surface area contributed by atoms with Crippen LogP contribution in [0.5, 0.6) is 0 Å². The summed E-state index contributed by atoms with van der Waals surface area (Å²) >= 11 is 3.28. The summed E-state index contributed by atoms with van der Waals surface area (Å²) in [5.41, 5.74) is 6.60. The van der Waals surface area contributed by atoms with Gasteiger partial charge in [0.15, 0.2) is 0 Å². The van der Waals surface area contributed by atoms with Crippen LogP contribution in [0.15, 0.2) is 4.79 Å². The number of halogens is 1. The molecule has 0 saturated carbocycles. The van der Waals surface area contributed by atoms with Gasteiger partial charge in [-0.3, -0.25) is 9.59 Å². The second-order valence-corrected chi connectivity index (χ2v) is 8.39. The van der Waals surface area contributed by atoms with Crippen LogP contribution < -0.4 is 16.6 Å². The summed E-state index contributed by atoms with van der Waals surface area (Å²) in [5.74, 6) is 2.06. The van der Waals surface area contributed by atoms with E-state index in [1.807, 2.05) is 0 Å². The highest BCUT2D eigenvalue weighted by Crippen LogP contribution is 2.33.